The van der Waals surface area contributed by atoms with E-state index in [2.05, 4.69) is 22.6 Å². The Morgan fingerprint density at radius 3 is 3.18 bits per heavy atom. The first kappa shape index (κ1) is 7.94. The second-order valence-corrected chi connectivity index (χ2v) is 5.24. The Kier molecular flexibility index (Phi) is 2.16. The van der Waals surface area contributed by atoms with E-state index in [0.29, 0.717) is 5.94 Å². The molecule has 0 fully saturated rings. The van der Waals surface area contributed by atoms with Gasteiger partial charge in [-0.25, -0.2) is 0 Å². The minimum absolute atomic E-state index is 0.366. The van der Waals surface area contributed by atoms with Gasteiger partial charge in [0, 0.05) is 23.7 Å². The number of rotatable bonds is 0. The fourth-order valence-electron chi connectivity index (χ4n) is 1.18. The predicted molar refractivity (Wildman–Crippen MR) is 52.5 cm³/mol. The lowest BCUT2D eigenvalue weighted by atomic mass is 10.2. The highest BCUT2D eigenvalue weighted by atomic mass is 127. The maximum absolute atomic E-state index is 11.2. The van der Waals surface area contributed by atoms with Crippen molar-refractivity contribution in [3.05, 3.63) is 20.3 Å². The van der Waals surface area contributed by atoms with Gasteiger partial charge in [0.25, 0.3) is 0 Å². The summed E-state index contributed by atoms with van der Waals surface area (Å²) in [5, 5.41) is 0. The molecule has 0 aromatic heterocycles. The molecule has 1 atom stereocenters. The van der Waals surface area contributed by atoms with Gasteiger partial charge < -0.3 is 9.29 Å². The molecule has 1 unspecified atom stereocenters. The molecule has 0 bridgehead atoms. The summed E-state index contributed by atoms with van der Waals surface area (Å²) in [6, 6.07) is 0. The van der Waals surface area contributed by atoms with E-state index in [-0.39, 0.29) is 0 Å². The van der Waals surface area contributed by atoms with Crippen LogP contribution in [0.15, 0.2) is 20.3 Å². The molecular weight excluding hydrogens is 275 g/mol. The third kappa shape index (κ3) is 1.43. The van der Waals surface area contributed by atoms with Crippen LogP contribution in [0.5, 0.6) is 0 Å². The SMILES string of the molecule is [O-][S+]1COC2=C1C=C(I)CC2. The summed E-state index contributed by atoms with van der Waals surface area (Å²) in [4.78, 5) is 0.917. The zero-order valence-corrected chi connectivity index (χ0v) is 8.78. The summed E-state index contributed by atoms with van der Waals surface area (Å²) in [5.41, 5.74) is 0. The van der Waals surface area contributed by atoms with Gasteiger partial charge in [0.1, 0.15) is 0 Å². The lowest BCUT2D eigenvalue weighted by molar-refractivity contribution is 0.262. The van der Waals surface area contributed by atoms with Crippen LogP contribution >= 0.6 is 22.6 Å². The first-order valence-electron chi connectivity index (χ1n) is 3.38. The molecule has 0 spiro atoms. The van der Waals surface area contributed by atoms with Crippen LogP contribution < -0.4 is 0 Å². The topological polar surface area (TPSA) is 32.3 Å². The van der Waals surface area contributed by atoms with Crippen molar-refractivity contribution in [1.29, 1.82) is 0 Å². The zero-order valence-electron chi connectivity index (χ0n) is 5.80. The van der Waals surface area contributed by atoms with Crippen molar-refractivity contribution in [3.8, 4) is 0 Å². The molecule has 0 amide bonds. The molecule has 2 aliphatic rings. The Hall–Kier alpha value is 0.320. The van der Waals surface area contributed by atoms with Crippen LogP contribution in [0.2, 0.25) is 0 Å². The number of hydrogen-bond donors (Lipinski definition) is 0. The molecule has 0 aromatic rings. The van der Waals surface area contributed by atoms with Crippen molar-refractivity contribution in [2.75, 3.05) is 5.94 Å². The maximum atomic E-state index is 11.2. The van der Waals surface area contributed by atoms with Crippen LogP contribution in [0.4, 0.5) is 0 Å². The number of halogens is 1. The van der Waals surface area contributed by atoms with Crippen molar-refractivity contribution in [2.24, 2.45) is 0 Å². The van der Waals surface area contributed by atoms with Crippen LogP contribution in [-0.4, -0.2) is 10.5 Å². The normalized spacial score (nSPS) is 29.6. The predicted octanol–water partition coefficient (Wildman–Crippen LogP) is 2.05. The van der Waals surface area contributed by atoms with Gasteiger partial charge in [-0.05, 0) is 32.6 Å². The lowest BCUT2D eigenvalue weighted by Crippen LogP contribution is -2.01. The molecule has 60 valence electrons. The fraction of sp³-hybridized carbons (Fsp3) is 0.429. The van der Waals surface area contributed by atoms with Gasteiger partial charge in [-0.1, -0.05) is 0 Å². The van der Waals surface area contributed by atoms with Gasteiger partial charge in [0.15, 0.2) is 10.7 Å². The molecular formula is C7H7IO2S. The van der Waals surface area contributed by atoms with E-state index < -0.39 is 11.2 Å². The second kappa shape index (κ2) is 2.99. The van der Waals surface area contributed by atoms with E-state index in [0.717, 1.165) is 23.5 Å². The third-order valence-corrected chi connectivity index (χ3v) is 3.76. The molecule has 0 N–H and O–H groups in total. The maximum Gasteiger partial charge on any atom is 0.250 e. The third-order valence-electron chi connectivity index (χ3n) is 1.74. The molecule has 11 heavy (non-hydrogen) atoms. The van der Waals surface area contributed by atoms with Gasteiger partial charge >= 0.3 is 0 Å². The highest BCUT2D eigenvalue weighted by Gasteiger charge is 2.30. The van der Waals surface area contributed by atoms with Crippen LogP contribution in [0.25, 0.3) is 0 Å². The summed E-state index contributed by atoms with van der Waals surface area (Å²) in [7, 11) is 0. The average molecular weight is 282 g/mol. The number of hydrogen-bond acceptors (Lipinski definition) is 2. The highest BCUT2D eigenvalue weighted by Crippen LogP contribution is 2.35. The molecule has 1 heterocycles. The summed E-state index contributed by atoms with van der Waals surface area (Å²) < 4.78 is 17.8. The highest BCUT2D eigenvalue weighted by molar-refractivity contribution is 14.1. The lowest BCUT2D eigenvalue weighted by Gasteiger charge is -2.06. The van der Waals surface area contributed by atoms with Gasteiger partial charge in [0.2, 0.25) is 5.94 Å². The molecule has 0 saturated carbocycles. The standard InChI is InChI=1S/C7H7IO2S/c8-5-1-2-6-7(3-5)11(9)4-10-6/h3H,1-2,4H2. The van der Waals surface area contributed by atoms with Crippen molar-refractivity contribution in [3.63, 3.8) is 0 Å². The molecule has 0 saturated heterocycles. The number of ether oxygens (including phenoxy) is 1. The van der Waals surface area contributed by atoms with E-state index in [1.165, 1.54) is 3.58 Å². The quantitative estimate of drug-likeness (QED) is 0.503. The summed E-state index contributed by atoms with van der Waals surface area (Å²) in [6.45, 7) is 0. The van der Waals surface area contributed by atoms with Crippen LogP contribution in [-0.2, 0) is 15.9 Å². The van der Waals surface area contributed by atoms with Gasteiger partial charge in [-0.2, -0.15) is 0 Å². The minimum atomic E-state index is -0.884. The first-order valence-corrected chi connectivity index (χ1v) is 5.77. The van der Waals surface area contributed by atoms with Crippen molar-refractivity contribution in [1.82, 2.24) is 0 Å². The van der Waals surface area contributed by atoms with Crippen molar-refractivity contribution in [2.45, 2.75) is 12.8 Å². The van der Waals surface area contributed by atoms with Gasteiger partial charge in [-0.15, -0.1) is 0 Å². The molecule has 1 aliphatic heterocycles. The minimum Gasteiger partial charge on any atom is -0.609 e. The number of allylic oxidation sites excluding steroid dienone is 3. The second-order valence-electron chi connectivity index (χ2n) is 2.49. The largest absolute Gasteiger partial charge is 0.609 e. The molecule has 0 aromatic carbocycles. The molecule has 0 radical (unpaired) electrons. The Morgan fingerprint density at radius 2 is 2.36 bits per heavy atom. The fourth-order valence-corrected chi connectivity index (χ4v) is 3.03. The first-order chi connectivity index (χ1) is 5.27. The van der Waals surface area contributed by atoms with Gasteiger partial charge in [0.05, 0.1) is 0 Å². The summed E-state index contributed by atoms with van der Waals surface area (Å²) in [5.74, 6) is 1.31. The molecule has 2 nitrogen and oxygen atoms in total. The molecule has 4 heteroatoms. The van der Waals surface area contributed by atoms with E-state index in [1.807, 2.05) is 6.08 Å². The van der Waals surface area contributed by atoms with E-state index in [4.69, 9.17) is 4.74 Å². The van der Waals surface area contributed by atoms with Gasteiger partial charge in [-0.3, -0.25) is 0 Å². The Bertz CT molecular complexity index is 247. The van der Waals surface area contributed by atoms with E-state index >= 15 is 0 Å². The molecule has 2 rings (SSSR count). The van der Waals surface area contributed by atoms with Crippen molar-refractivity contribution >= 4 is 33.8 Å². The van der Waals surface area contributed by atoms with Crippen LogP contribution in [0.1, 0.15) is 12.8 Å². The van der Waals surface area contributed by atoms with Crippen LogP contribution in [0, 0.1) is 0 Å². The monoisotopic (exact) mass is 282 g/mol. The summed E-state index contributed by atoms with van der Waals surface area (Å²) in [6.07, 6.45) is 3.95. The summed E-state index contributed by atoms with van der Waals surface area (Å²) >= 11 is 1.40. The van der Waals surface area contributed by atoms with E-state index in [1.54, 1.807) is 0 Å². The van der Waals surface area contributed by atoms with Crippen molar-refractivity contribution < 1.29 is 9.29 Å². The Balaban J connectivity index is 2.31. The Labute approximate surface area is 82.0 Å². The van der Waals surface area contributed by atoms with E-state index in [9.17, 15) is 4.55 Å². The Morgan fingerprint density at radius 1 is 1.55 bits per heavy atom. The molecule has 1 aliphatic carbocycles. The van der Waals surface area contributed by atoms with Crippen LogP contribution in [0.3, 0.4) is 0 Å². The smallest absolute Gasteiger partial charge is 0.250 e. The zero-order chi connectivity index (χ0) is 7.84. The average Bonchev–Trinajstić information content (AvgIpc) is 2.33.